The summed E-state index contributed by atoms with van der Waals surface area (Å²) in [7, 11) is -2.79. The second kappa shape index (κ2) is 9.91. The van der Waals surface area contributed by atoms with Crippen molar-refractivity contribution in [2.75, 3.05) is 26.4 Å². The van der Waals surface area contributed by atoms with E-state index in [0.717, 1.165) is 0 Å². The van der Waals surface area contributed by atoms with Crippen LogP contribution in [-0.4, -0.2) is 41.2 Å². The molecule has 0 saturated carbocycles. The van der Waals surface area contributed by atoms with E-state index in [-0.39, 0.29) is 6.61 Å². The van der Waals surface area contributed by atoms with E-state index in [2.05, 4.69) is 6.58 Å². The Bertz CT molecular complexity index is 297. The van der Waals surface area contributed by atoms with E-state index in [9.17, 15) is 4.79 Å². The molecule has 0 atom stereocenters. The van der Waals surface area contributed by atoms with Gasteiger partial charge in [-0.3, -0.25) is 0 Å². The van der Waals surface area contributed by atoms with Crippen molar-refractivity contribution < 1.29 is 22.8 Å². The predicted octanol–water partition coefficient (Wildman–Crippen LogP) is 2.25. The lowest BCUT2D eigenvalue weighted by Crippen LogP contribution is -2.44. The Labute approximate surface area is 116 Å². The van der Waals surface area contributed by atoms with Gasteiger partial charge < -0.3 is 18.0 Å². The molecule has 0 unspecified atom stereocenters. The topological polar surface area (TPSA) is 54.0 Å². The molecule has 0 aliphatic rings. The molecule has 0 amide bonds. The summed E-state index contributed by atoms with van der Waals surface area (Å²) in [5.41, 5.74) is 2.12. The fourth-order valence-corrected chi connectivity index (χ4v) is 3.44. The first-order valence-electron chi connectivity index (χ1n) is 6.43. The normalized spacial score (nSPS) is 11.8. The molecular weight excluding hydrogens is 264 g/mol. The third-order valence-corrected chi connectivity index (χ3v) is 4.73. The smallest absolute Gasteiger partial charge is 0.458 e. The molecular formula is C13H24O5Si. The van der Waals surface area contributed by atoms with Gasteiger partial charge in [0, 0.05) is 25.4 Å². The number of hydrogen-bond acceptors (Lipinski definition) is 5. The van der Waals surface area contributed by atoms with Gasteiger partial charge in [-0.25, -0.2) is 4.79 Å². The van der Waals surface area contributed by atoms with Gasteiger partial charge in [0.2, 0.25) is 0 Å². The standard InChI is InChI=1S/C13H24O5Si/c1-6-16-19(17-7-2,18-8-3)11-9-10-15-13(14)12(4)5/h9,11H,4,6-8,10H2,1-3,5H3. The zero-order chi connectivity index (χ0) is 14.7. The third-order valence-electron chi connectivity index (χ3n) is 2.02. The molecule has 0 N–H and O–H groups in total. The second-order valence-corrected chi connectivity index (χ2v) is 6.09. The molecule has 0 spiro atoms. The van der Waals surface area contributed by atoms with Crippen molar-refractivity contribution in [2.24, 2.45) is 0 Å². The van der Waals surface area contributed by atoms with Crippen LogP contribution >= 0.6 is 0 Å². The van der Waals surface area contributed by atoms with Gasteiger partial charge in [-0.2, -0.15) is 0 Å². The Kier molecular flexibility index (Phi) is 9.41. The summed E-state index contributed by atoms with van der Waals surface area (Å²) < 4.78 is 21.8. The monoisotopic (exact) mass is 288 g/mol. The third kappa shape index (κ3) is 7.27. The summed E-state index contributed by atoms with van der Waals surface area (Å²) in [5, 5.41) is 0. The van der Waals surface area contributed by atoms with Gasteiger partial charge in [-0.1, -0.05) is 6.58 Å². The fourth-order valence-electron chi connectivity index (χ4n) is 1.31. The minimum absolute atomic E-state index is 0.146. The number of carbonyl (C=O) groups is 1. The van der Waals surface area contributed by atoms with Crippen molar-refractivity contribution in [3.05, 3.63) is 23.9 Å². The van der Waals surface area contributed by atoms with E-state index in [1.807, 2.05) is 20.8 Å². The van der Waals surface area contributed by atoms with E-state index in [1.54, 1.807) is 18.7 Å². The van der Waals surface area contributed by atoms with Crippen LogP contribution in [0.2, 0.25) is 0 Å². The number of ether oxygens (including phenoxy) is 1. The zero-order valence-corrected chi connectivity index (χ0v) is 13.2. The van der Waals surface area contributed by atoms with Gasteiger partial charge in [0.05, 0.1) is 0 Å². The van der Waals surface area contributed by atoms with Crippen LogP contribution < -0.4 is 0 Å². The lowest BCUT2D eigenvalue weighted by atomic mass is 10.4. The molecule has 0 heterocycles. The average Bonchev–Trinajstić information content (AvgIpc) is 2.35. The highest BCUT2D eigenvalue weighted by molar-refractivity contribution is 6.66. The van der Waals surface area contributed by atoms with Gasteiger partial charge in [-0.05, 0) is 39.5 Å². The Balaban J connectivity index is 4.52. The maximum atomic E-state index is 11.2. The van der Waals surface area contributed by atoms with Crippen molar-refractivity contribution >= 4 is 14.8 Å². The predicted molar refractivity (Wildman–Crippen MR) is 75.5 cm³/mol. The second-order valence-electron chi connectivity index (χ2n) is 3.68. The summed E-state index contributed by atoms with van der Waals surface area (Å²) >= 11 is 0. The first-order chi connectivity index (χ1) is 9.01. The minimum atomic E-state index is -2.79. The lowest BCUT2D eigenvalue weighted by Gasteiger charge is -2.25. The molecule has 19 heavy (non-hydrogen) atoms. The van der Waals surface area contributed by atoms with E-state index in [4.69, 9.17) is 18.0 Å². The van der Waals surface area contributed by atoms with Crippen LogP contribution in [0.5, 0.6) is 0 Å². The molecule has 0 aromatic heterocycles. The van der Waals surface area contributed by atoms with Crippen molar-refractivity contribution in [2.45, 2.75) is 27.7 Å². The molecule has 0 bridgehead atoms. The summed E-state index contributed by atoms with van der Waals surface area (Å²) in [5.74, 6) is -0.416. The van der Waals surface area contributed by atoms with E-state index < -0.39 is 14.8 Å². The molecule has 0 aromatic rings. The molecule has 110 valence electrons. The van der Waals surface area contributed by atoms with Crippen molar-refractivity contribution in [1.82, 2.24) is 0 Å². The van der Waals surface area contributed by atoms with Gasteiger partial charge in [0.25, 0.3) is 0 Å². The number of carbonyl (C=O) groups excluding carboxylic acids is 1. The summed E-state index contributed by atoms with van der Waals surface area (Å²) in [6, 6.07) is 0. The quantitative estimate of drug-likeness (QED) is 0.350. The highest BCUT2D eigenvalue weighted by atomic mass is 28.4. The number of rotatable bonds is 10. The van der Waals surface area contributed by atoms with Crippen LogP contribution in [0, 0.1) is 0 Å². The Morgan fingerprint density at radius 1 is 1.11 bits per heavy atom. The summed E-state index contributed by atoms with van der Waals surface area (Å²) in [6.07, 6.45) is 1.69. The average molecular weight is 288 g/mol. The van der Waals surface area contributed by atoms with Crippen molar-refractivity contribution in [3.63, 3.8) is 0 Å². The van der Waals surface area contributed by atoms with E-state index in [1.165, 1.54) is 0 Å². The van der Waals surface area contributed by atoms with Crippen LogP contribution in [-0.2, 0) is 22.8 Å². The molecule has 0 rings (SSSR count). The first-order valence-corrected chi connectivity index (χ1v) is 8.23. The van der Waals surface area contributed by atoms with Gasteiger partial charge >= 0.3 is 14.8 Å². The molecule has 0 aromatic carbocycles. The molecule has 0 radical (unpaired) electrons. The lowest BCUT2D eigenvalue weighted by molar-refractivity contribution is -0.137. The Hall–Kier alpha value is -0.953. The maximum absolute atomic E-state index is 11.2. The van der Waals surface area contributed by atoms with Crippen LogP contribution in [0.25, 0.3) is 0 Å². The summed E-state index contributed by atoms with van der Waals surface area (Å²) in [6.45, 7) is 12.4. The molecule has 0 aliphatic carbocycles. The first kappa shape index (κ1) is 18.0. The van der Waals surface area contributed by atoms with Gasteiger partial charge in [-0.15, -0.1) is 0 Å². The minimum Gasteiger partial charge on any atom is -0.458 e. The van der Waals surface area contributed by atoms with Crippen molar-refractivity contribution in [1.29, 1.82) is 0 Å². The molecule has 0 fully saturated rings. The van der Waals surface area contributed by atoms with E-state index >= 15 is 0 Å². The molecule has 5 nitrogen and oxygen atoms in total. The highest BCUT2D eigenvalue weighted by Crippen LogP contribution is 2.11. The maximum Gasteiger partial charge on any atom is 0.529 e. The van der Waals surface area contributed by atoms with E-state index in [0.29, 0.717) is 25.4 Å². The SMILES string of the molecule is C=C(C)C(=O)OCC=C[Si](OCC)(OCC)OCC. The Morgan fingerprint density at radius 3 is 1.95 bits per heavy atom. The summed E-state index contributed by atoms with van der Waals surface area (Å²) in [4.78, 5) is 11.2. The number of esters is 1. The highest BCUT2D eigenvalue weighted by Gasteiger charge is 2.37. The Morgan fingerprint density at radius 2 is 1.58 bits per heavy atom. The van der Waals surface area contributed by atoms with Gasteiger partial charge in [0.1, 0.15) is 6.61 Å². The largest absolute Gasteiger partial charge is 0.529 e. The van der Waals surface area contributed by atoms with Gasteiger partial charge in [0.15, 0.2) is 0 Å². The fraction of sp³-hybridized carbons (Fsp3) is 0.615. The van der Waals surface area contributed by atoms with Crippen molar-refractivity contribution in [3.8, 4) is 0 Å². The molecule has 0 saturated heterocycles. The zero-order valence-electron chi connectivity index (χ0n) is 12.2. The molecule has 6 heteroatoms. The van der Waals surface area contributed by atoms with Crippen LogP contribution in [0.15, 0.2) is 23.9 Å². The molecule has 0 aliphatic heterocycles. The van der Waals surface area contributed by atoms with Crippen LogP contribution in [0.4, 0.5) is 0 Å². The van der Waals surface area contributed by atoms with Crippen LogP contribution in [0.3, 0.4) is 0 Å². The number of hydrogen-bond donors (Lipinski definition) is 0. The van der Waals surface area contributed by atoms with Crippen LogP contribution in [0.1, 0.15) is 27.7 Å².